The fourth-order valence-corrected chi connectivity index (χ4v) is 1.90. The second kappa shape index (κ2) is 4.99. The third-order valence-electron chi connectivity index (χ3n) is 1.71. The Morgan fingerprint density at radius 3 is 2.69 bits per heavy atom. The number of hydrogen-bond donors (Lipinski definition) is 0. The summed E-state index contributed by atoms with van der Waals surface area (Å²) in [6.45, 7) is 0. The molecule has 1 aromatic carbocycles. The third kappa shape index (κ3) is 2.84. The molecule has 6 heteroatoms. The minimum Gasteiger partial charge on any atom is -0.437 e. The van der Waals surface area contributed by atoms with Gasteiger partial charge in [-0.3, -0.25) is 0 Å². The van der Waals surface area contributed by atoms with Gasteiger partial charge in [-0.2, -0.15) is 4.98 Å². The van der Waals surface area contributed by atoms with E-state index < -0.39 is 0 Å². The summed E-state index contributed by atoms with van der Waals surface area (Å²) in [7, 11) is 0. The van der Waals surface area contributed by atoms with E-state index >= 15 is 0 Å². The Labute approximate surface area is 111 Å². The Kier molecular flexibility index (Phi) is 3.63. The van der Waals surface area contributed by atoms with Crippen LogP contribution in [0.15, 0.2) is 34.9 Å². The van der Waals surface area contributed by atoms with E-state index in [4.69, 9.17) is 27.9 Å². The smallest absolute Gasteiger partial charge is 0.225 e. The molecule has 1 aromatic heterocycles. The molecule has 0 bridgehead atoms. The van der Waals surface area contributed by atoms with Crippen LogP contribution in [0.2, 0.25) is 10.3 Å². The number of halogens is 3. The zero-order valence-corrected chi connectivity index (χ0v) is 10.9. The van der Waals surface area contributed by atoms with Crippen LogP contribution in [0.5, 0.6) is 11.6 Å². The molecule has 16 heavy (non-hydrogen) atoms. The second-order valence-electron chi connectivity index (χ2n) is 2.84. The summed E-state index contributed by atoms with van der Waals surface area (Å²) in [5, 5.41) is 0.620. The molecular formula is C10H5BrCl2N2O. The zero-order chi connectivity index (χ0) is 11.5. The minimum atomic E-state index is 0.130. The lowest BCUT2D eigenvalue weighted by Crippen LogP contribution is -1.90. The molecule has 0 saturated carbocycles. The molecule has 0 fully saturated rings. The molecule has 2 rings (SSSR count). The van der Waals surface area contributed by atoms with E-state index in [1.165, 1.54) is 6.20 Å². The van der Waals surface area contributed by atoms with Gasteiger partial charge in [0.15, 0.2) is 0 Å². The molecule has 0 N–H and O–H groups in total. The van der Waals surface area contributed by atoms with Gasteiger partial charge in [0.2, 0.25) is 11.2 Å². The maximum Gasteiger partial charge on any atom is 0.225 e. The molecule has 0 radical (unpaired) electrons. The highest BCUT2D eigenvalue weighted by Crippen LogP contribution is 2.30. The van der Waals surface area contributed by atoms with E-state index in [2.05, 4.69) is 25.9 Å². The van der Waals surface area contributed by atoms with Crippen LogP contribution in [0.1, 0.15) is 0 Å². The molecule has 0 unspecified atom stereocenters. The number of hydrogen-bond acceptors (Lipinski definition) is 3. The average Bonchev–Trinajstić information content (AvgIpc) is 2.22. The topological polar surface area (TPSA) is 35.0 Å². The molecular weight excluding hydrogens is 315 g/mol. The van der Waals surface area contributed by atoms with E-state index in [9.17, 15) is 0 Å². The molecule has 1 heterocycles. The lowest BCUT2D eigenvalue weighted by Gasteiger charge is -2.06. The van der Waals surface area contributed by atoms with Crippen LogP contribution in [0.4, 0.5) is 0 Å². The highest BCUT2D eigenvalue weighted by Gasteiger charge is 2.05. The van der Waals surface area contributed by atoms with Crippen molar-refractivity contribution in [2.75, 3.05) is 0 Å². The van der Waals surface area contributed by atoms with Gasteiger partial charge in [-0.25, -0.2) is 4.98 Å². The van der Waals surface area contributed by atoms with Crippen molar-refractivity contribution in [2.24, 2.45) is 0 Å². The lowest BCUT2D eigenvalue weighted by molar-refractivity contribution is 0.462. The van der Waals surface area contributed by atoms with Gasteiger partial charge in [0.25, 0.3) is 0 Å². The van der Waals surface area contributed by atoms with Crippen molar-refractivity contribution >= 4 is 39.1 Å². The van der Waals surface area contributed by atoms with E-state index in [0.717, 1.165) is 4.47 Å². The molecule has 2 aromatic rings. The minimum absolute atomic E-state index is 0.130. The molecule has 0 spiro atoms. The van der Waals surface area contributed by atoms with Crippen molar-refractivity contribution in [3.63, 3.8) is 0 Å². The molecule has 0 amide bonds. The maximum atomic E-state index is 5.99. The Morgan fingerprint density at radius 2 is 2.00 bits per heavy atom. The Bertz CT molecular complexity index is 522. The van der Waals surface area contributed by atoms with Gasteiger partial charge >= 0.3 is 0 Å². The van der Waals surface area contributed by atoms with Crippen LogP contribution in [-0.2, 0) is 0 Å². The van der Waals surface area contributed by atoms with Crippen LogP contribution in [0, 0.1) is 0 Å². The Balaban J connectivity index is 2.27. The largest absolute Gasteiger partial charge is 0.437 e. The quantitative estimate of drug-likeness (QED) is 0.772. The van der Waals surface area contributed by atoms with Crippen molar-refractivity contribution < 1.29 is 4.74 Å². The van der Waals surface area contributed by atoms with Gasteiger partial charge in [-0.1, -0.05) is 27.5 Å². The van der Waals surface area contributed by atoms with Crippen LogP contribution in [0.3, 0.4) is 0 Å². The summed E-state index contributed by atoms with van der Waals surface area (Å²) >= 11 is 14.9. The van der Waals surface area contributed by atoms with Gasteiger partial charge < -0.3 is 4.74 Å². The second-order valence-corrected chi connectivity index (χ2v) is 4.50. The predicted octanol–water partition coefficient (Wildman–Crippen LogP) is 4.34. The van der Waals surface area contributed by atoms with Gasteiger partial charge in [0, 0.05) is 16.7 Å². The monoisotopic (exact) mass is 318 g/mol. The molecule has 0 aliphatic carbocycles. The summed E-state index contributed by atoms with van der Waals surface area (Å²) in [6, 6.07) is 6.90. The van der Waals surface area contributed by atoms with E-state index in [-0.39, 0.29) is 5.28 Å². The van der Waals surface area contributed by atoms with E-state index in [0.29, 0.717) is 16.7 Å². The highest BCUT2D eigenvalue weighted by molar-refractivity contribution is 9.10. The van der Waals surface area contributed by atoms with Gasteiger partial charge in [0.05, 0.1) is 5.02 Å². The summed E-state index contributed by atoms with van der Waals surface area (Å²) in [5.74, 6) is 0.865. The van der Waals surface area contributed by atoms with Crippen molar-refractivity contribution in [2.45, 2.75) is 0 Å². The highest BCUT2D eigenvalue weighted by atomic mass is 79.9. The van der Waals surface area contributed by atoms with Crippen LogP contribution in [0.25, 0.3) is 0 Å². The SMILES string of the molecule is Clc1nccc(Oc2ccc(Br)cc2Cl)n1. The maximum absolute atomic E-state index is 5.99. The standard InChI is InChI=1S/C10H5BrCl2N2O/c11-6-1-2-8(7(12)5-6)16-9-3-4-14-10(13)15-9/h1-5H. The third-order valence-corrected chi connectivity index (χ3v) is 2.68. The number of nitrogens with zero attached hydrogens (tertiary/aromatic N) is 2. The van der Waals surface area contributed by atoms with Gasteiger partial charge in [-0.05, 0) is 29.8 Å². The molecule has 0 aliphatic heterocycles. The van der Waals surface area contributed by atoms with Crippen molar-refractivity contribution in [3.05, 3.63) is 45.2 Å². The average molecular weight is 320 g/mol. The summed E-state index contributed by atoms with van der Waals surface area (Å²) < 4.78 is 6.34. The van der Waals surface area contributed by atoms with Crippen LogP contribution in [-0.4, -0.2) is 9.97 Å². The first-order valence-corrected chi connectivity index (χ1v) is 5.81. The van der Waals surface area contributed by atoms with E-state index in [1.54, 1.807) is 18.2 Å². The zero-order valence-electron chi connectivity index (χ0n) is 7.82. The number of aromatic nitrogens is 2. The number of ether oxygens (including phenoxy) is 1. The first kappa shape index (κ1) is 11.6. The summed E-state index contributed by atoms with van der Waals surface area (Å²) in [5.41, 5.74) is 0. The summed E-state index contributed by atoms with van der Waals surface area (Å²) in [6.07, 6.45) is 1.51. The van der Waals surface area contributed by atoms with Crippen molar-refractivity contribution in [1.29, 1.82) is 0 Å². The van der Waals surface area contributed by atoms with Crippen molar-refractivity contribution in [3.8, 4) is 11.6 Å². The van der Waals surface area contributed by atoms with Crippen molar-refractivity contribution in [1.82, 2.24) is 9.97 Å². The predicted molar refractivity (Wildman–Crippen MR) is 66.3 cm³/mol. The fourth-order valence-electron chi connectivity index (χ4n) is 1.05. The first-order chi connectivity index (χ1) is 7.65. The Morgan fingerprint density at radius 1 is 1.19 bits per heavy atom. The molecule has 0 aliphatic rings. The first-order valence-electron chi connectivity index (χ1n) is 4.26. The summed E-state index contributed by atoms with van der Waals surface area (Å²) in [4.78, 5) is 7.65. The molecule has 3 nitrogen and oxygen atoms in total. The molecule has 0 saturated heterocycles. The molecule has 0 atom stereocenters. The fraction of sp³-hybridized carbons (Fsp3) is 0. The number of benzene rings is 1. The van der Waals surface area contributed by atoms with Gasteiger partial charge in [0.1, 0.15) is 5.75 Å². The normalized spacial score (nSPS) is 10.2. The molecule has 82 valence electrons. The Hall–Kier alpha value is -0.840. The van der Waals surface area contributed by atoms with Crippen LogP contribution < -0.4 is 4.74 Å². The lowest BCUT2D eigenvalue weighted by atomic mass is 10.3. The number of rotatable bonds is 2. The van der Waals surface area contributed by atoms with Crippen LogP contribution >= 0.6 is 39.1 Å². The van der Waals surface area contributed by atoms with E-state index in [1.807, 2.05) is 6.07 Å². The van der Waals surface area contributed by atoms with Gasteiger partial charge in [-0.15, -0.1) is 0 Å².